The van der Waals surface area contributed by atoms with Crippen LogP contribution in [0.5, 0.6) is 0 Å². The molecule has 0 spiro atoms. The molecule has 0 fully saturated rings. The van der Waals surface area contributed by atoms with Gasteiger partial charge in [0, 0.05) is 11.1 Å². The van der Waals surface area contributed by atoms with E-state index in [-0.39, 0.29) is 0 Å². The minimum atomic E-state index is -0.401. The maximum absolute atomic E-state index is 12.2. The van der Waals surface area contributed by atoms with Crippen molar-refractivity contribution in [3.8, 4) is 0 Å². The molecule has 9 heavy (non-hydrogen) atoms. The summed E-state index contributed by atoms with van der Waals surface area (Å²) in [5.41, 5.74) is 2.33. The molecule has 0 N–H and O–H groups in total. The summed E-state index contributed by atoms with van der Waals surface area (Å²) in [6.45, 7) is 0. The summed E-state index contributed by atoms with van der Waals surface area (Å²) in [4.78, 5) is 0. The fraction of sp³-hybridized carbons (Fsp3) is 0. The number of halogens is 2. The predicted octanol–water partition coefficient (Wildman–Crippen LogP) is 2.69. The van der Waals surface area contributed by atoms with Crippen LogP contribution in [-0.2, 0) is 0 Å². The topological polar surface area (TPSA) is 0 Å². The lowest BCUT2D eigenvalue weighted by Crippen LogP contribution is -1.53. The fourth-order valence-electron chi connectivity index (χ4n) is 0.459. The second-order valence-electron chi connectivity index (χ2n) is 1.55. The molecule has 0 atom stereocenters. The van der Waals surface area contributed by atoms with Crippen LogP contribution >= 0.6 is 11.6 Å². The van der Waals surface area contributed by atoms with E-state index in [1.807, 2.05) is 0 Å². The van der Waals surface area contributed by atoms with E-state index in [0.717, 1.165) is 0 Å². The quantitative estimate of drug-likeness (QED) is 0.456. The minimum absolute atomic E-state index is 0.401. The highest BCUT2D eigenvalue weighted by Gasteiger charge is 1.87. The molecule has 0 aromatic heterocycles. The first-order valence-corrected chi connectivity index (χ1v) is 2.83. The highest BCUT2D eigenvalue weighted by atomic mass is 35.5. The maximum atomic E-state index is 12.2. The SMILES string of the molecule is FC1=C=CC(Cl)=CC=C1. The smallest absolute Gasteiger partial charge is 0.165 e. The maximum Gasteiger partial charge on any atom is 0.165 e. The van der Waals surface area contributed by atoms with Crippen LogP contribution in [0.1, 0.15) is 0 Å². The van der Waals surface area contributed by atoms with Gasteiger partial charge in [0.2, 0.25) is 0 Å². The number of hydrogen-bond donors (Lipinski definition) is 0. The molecule has 0 unspecified atom stereocenters. The zero-order valence-corrected chi connectivity index (χ0v) is 5.32. The molecule has 0 aliphatic heterocycles. The van der Waals surface area contributed by atoms with Gasteiger partial charge in [0.05, 0.1) is 0 Å². The van der Waals surface area contributed by atoms with Gasteiger partial charge >= 0.3 is 0 Å². The highest BCUT2D eigenvalue weighted by molar-refractivity contribution is 6.31. The van der Waals surface area contributed by atoms with Crippen LogP contribution in [0, 0.1) is 0 Å². The average molecular weight is 143 g/mol. The van der Waals surface area contributed by atoms with Gasteiger partial charge in [-0.2, -0.15) is 4.39 Å². The molecular formula is C7H4ClF. The molecular weight excluding hydrogens is 139 g/mol. The van der Waals surface area contributed by atoms with E-state index in [1.54, 1.807) is 6.08 Å². The average Bonchev–Trinajstić information content (AvgIpc) is 1.97. The molecule has 2 heteroatoms. The van der Waals surface area contributed by atoms with Crippen LogP contribution < -0.4 is 0 Å². The fourth-order valence-corrected chi connectivity index (χ4v) is 0.586. The van der Waals surface area contributed by atoms with Crippen molar-refractivity contribution in [3.63, 3.8) is 0 Å². The Labute approximate surface area is 57.6 Å². The Morgan fingerprint density at radius 2 is 2.33 bits per heavy atom. The van der Waals surface area contributed by atoms with Crippen molar-refractivity contribution in [1.82, 2.24) is 0 Å². The summed E-state index contributed by atoms with van der Waals surface area (Å²) in [5, 5.41) is 0.485. The number of hydrogen-bond acceptors (Lipinski definition) is 0. The van der Waals surface area contributed by atoms with E-state index < -0.39 is 5.83 Å². The second kappa shape index (κ2) is 2.67. The third-order valence-electron chi connectivity index (χ3n) is 0.846. The first-order valence-electron chi connectivity index (χ1n) is 2.45. The van der Waals surface area contributed by atoms with E-state index in [9.17, 15) is 4.39 Å². The molecule has 0 radical (unpaired) electrons. The van der Waals surface area contributed by atoms with Crippen molar-refractivity contribution >= 4 is 11.6 Å². The van der Waals surface area contributed by atoms with Gasteiger partial charge in [-0.05, 0) is 12.2 Å². The van der Waals surface area contributed by atoms with Gasteiger partial charge in [0.1, 0.15) is 0 Å². The van der Waals surface area contributed by atoms with Crippen LogP contribution in [0.25, 0.3) is 0 Å². The Bertz CT molecular complexity index is 229. The van der Waals surface area contributed by atoms with Gasteiger partial charge in [-0.15, -0.1) is 0 Å². The van der Waals surface area contributed by atoms with Gasteiger partial charge < -0.3 is 0 Å². The third-order valence-corrected chi connectivity index (χ3v) is 1.08. The van der Waals surface area contributed by atoms with Crippen molar-refractivity contribution in [1.29, 1.82) is 0 Å². The van der Waals surface area contributed by atoms with Gasteiger partial charge in [0.15, 0.2) is 5.83 Å². The van der Waals surface area contributed by atoms with E-state index in [1.165, 1.54) is 18.2 Å². The molecule has 1 rings (SSSR count). The first kappa shape index (κ1) is 6.34. The van der Waals surface area contributed by atoms with E-state index in [4.69, 9.17) is 11.6 Å². The zero-order chi connectivity index (χ0) is 6.69. The lowest BCUT2D eigenvalue weighted by Gasteiger charge is -1.75. The summed E-state index contributed by atoms with van der Waals surface area (Å²) in [6, 6.07) is 0. The number of allylic oxidation sites excluding steroid dienone is 5. The van der Waals surface area contributed by atoms with Gasteiger partial charge in [-0.25, -0.2) is 0 Å². The highest BCUT2D eigenvalue weighted by Crippen LogP contribution is 2.08. The Morgan fingerprint density at radius 3 is 3.11 bits per heavy atom. The Hall–Kier alpha value is -0.780. The second-order valence-corrected chi connectivity index (χ2v) is 1.98. The van der Waals surface area contributed by atoms with E-state index >= 15 is 0 Å². The lowest BCUT2D eigenvalue weighted by atomic mass is 10.4. The summed E-state index contributed by atoms with van der Waals surface area (Å²) >= 11 is 5.50. The molecule has 1 aliphatic rings. The monoisotopic (exact) mass is 142 g/mol. The molecule has 0 aromatic rings. The van der Waals surface area contributed by atoms with Crippen LogP contribution in [0.4, 0.5) is 4.39 Å². The number of rotatable bonds is 0. The van der Waals surface area contributed by atoms with Crippen LogP contribution in [-0.4, -0.2) is 0 Å². The molecule has 0 nitrogen and oxygen atoms in total. The summed E-state index contributed by atoms with van der Waals surface area (Å²) in [5.74, 6) is -0.401. The van der Waals surface area contributed by atoms with Crippen molar-refractivity contribution in [2.24, 2.45) is 0 Å². The molecule has 0 saturated heterocycles. The summed E-state index contributed by atoms with van der Waals surface area (Å²) < 4.78 is 12.2. The van der Waals surface area contributed by atoms with Crippen molar-refractivity contribution in [2.75, 3.05) is 0 Å². The Morgan fingerprint density at radius 1 is 1.56 bits per heavy atom. The molecule has 46 valence electrons. The first-order chi connectivity index (χ1) is 4.29. The largest absolute Gasteiger partial charge is 0.198 e. The molecule has 0 aromatic carbocycles. The molecule has 0 saturated carbocycles. The van der Waals surface area contributed by atoms with Crippen LogP contribution in [0.2, 0.25) is 0 Å². The third kappa shape index (κ3) is 1.88. The van der Waals surface area contributed by atoms with E-state index in [2.05, 4.69) is 5.73 Å². The molecule has 0 bridgehead atoms. The molecule has 0 heterocycles. The van der Waals surface area contributed by atoms with Gasteiger partial charge in [0.25, 0.3) is 0 Å². The molecule has 0 amide bonds. The summed E-state index contributed by atoms with van der Waals surface area (Å²) in [7, 11) is 0. The Balaban J connectivity index is 3.01. The Kier molecular flexibility index (Phi) is 1.88. The standard InChI is InChI=1S/C7H4ClF/c8-6-2-1-3-7(9)5-4-6/h1-4H. The normalized spacial score (nSPS) is 16.7. The zero-order valence-electron chi connectivity index (χ0n) is 4.57. The van der Waals surface area contributed by atoms with Crippen LogP contribution in [0.3, 0.4) is 0 Å². The van der Waals surface area contributed by atoms with E-state index in [0.29, 0.717) is 5.03 Å². The minimum Gasteiger partial charge on any atom is -0.198 e. The van der Waals surface area contributed by atoms with Crippen molar-refractivity contribution in [2.45, 2.75) is 0 Å². The lowest BCUT2D eigenvalue weighted by molar-refractivity contribution is 0.669. The molecule has 1 aliphatic carbocycles. The van der Waals surface area contributed by atoms with Crippen LogP contribution in [0.15, 0.2) is 40.9 Å². The summed E-state index contributed by atoms with van der Waals surface area (Å²) in [6.07, 6.45) is 5.82. The van der Waals surface area contributed by atoms with Crippen molar-refractivity contribution < 1.29 is 4.39 Å². The van der Waals surface area contributed by atoms with Crippen molar-refractivity contribution in [3.05, 3.63) is 40.9 Å². The predicted molar refractivity (Wildman–Crippen MR) is 35.8 cm³/mol. The van der Waals surface area contributed by atoms with Gasteiger partial charge in [-0.1, -0.05) is 23.4 Å². The van der Waals surface area contributed by atoms with Gasteiger partial charge in [-0.3, -0.25) is 0 Å².